The summed E-state index contributed by atoms with van der Waals surface area (Å²) in [6.07, 6.45) is -1.88. The highest BCUT2D eigenvalue weighted by Crippen LogP contribution is 2.25. The molecule has 2 N–H and O–H groups in total. The van der Waals surface area contributed by atoms with Crippen molar-refractivity contribution in [2.75, 3.05) is 6.54 Å². The highest BCUT2D eigenvalue weighted by Gasteiger charge is 2.24. The number of rotatable bonds is 5. The van der Waals surface area contributed by atoms with Crippen molar-refractivity contribution in [3.05, 3.63) is 27.5 Å². The second-order valence-electron chi connectivity index (χ2n) is 3.49. The molecule has 88 valence electrons. The van der Waals surface area contributed by atoms with Crippen molar-refractivity contribution in [3.8, 4) is 0 Å². The zero-order valence-corrected chi connectivity index (χ0v) is 9.16. The fraction of sp³-hybridized carbons (Fsp3) is 0.667. The summed E-state index contributed by atoms with van der Waals surface area (Å²) in [6, 6.07) is 0. The average molecular weight is 226 g/mol. The zero-order chi connectivity index (χ0) is 12.1. The quantitative estimate of drug-likeness (QED) is 0.448. The van der Waals surface area contributed by atoms with Crippen LogP contribution in [0.15, 0.2) is 9.64 Å². The van der Waals surface area contributed by atoms with Gasteiger partial charge in [-0.1, -0.05) is 10.3 Å². The largest absolute Gasteiger partial charge is 0.390 e. The van der Waals surface area contributed by atoms with Crippen molar-refractivity contribution in [3.63, 3.8) is 0 Å². The van der Waals surface area contributed by atoms with Crippen molar-refractivity contribution in [2.45, 2.75) is 32.5 Å². The Labute approximate surface area is 92.3 Å². The number of hydrogen-bond donors (Lipinski definition) is 2. The molecule has 16 heavy (non-hydrogen) atoms. The first-order chi connectivity index (χ1) is 7.57. The van der Waals surface area contributed by atoms with Crippen molar-refractivity contribution in [2.24, 2.45) is 5.11 Å². The summed E-state index contributed by atoms with van der Waals surface area (Å²) in [5, 5.41) is 26.5. The van der Waals surface area contributed by atoms with Crippen LogP contribution in [0.5, 0.6) is 0 Å². The Morgan fingerprint density at radius 1 is 1.50 bits per heavy atom. The summed E-state index contributed by atoms with van der Waals surface area (Å²) < 4.78 is 4.89. The fourth-order valence-corrected chi connectivity index (χ4v) is 1.50. The summed E-state index contributed by atoms with van der Waals surface area (Å²) >= 11 is 0. The predicted molar refractivity (Wildman–Crippen MR) is 55.6 cm³/mol. The van der Waals surface area contributed by atoms with Gasteiger partial charge in [-0.05, 0) is 25.8 Å². The van der Waals surface area contributed by atoms with E-state index in [1.54, 1.807) is 13.8 Å². The van der Waals surface area contributed by atoms with E-state index in [2.05, 4.69) is 15.2 Å². The topological polar surface area (TPSA) is 115 Å². The molecule has 1 aromatic heterocycles. The van der Waals surface area contributed by atoms with Crippen molar-refractivity contribution >= 4 is 0 Å². The van der Waals surface area contributed by atoms with Crippen LogP contribution in [-0.4, -0.2) is 28.0 Å². The highest BCUT2D eigenvalue weighted by atomic mass is 16.5. The molecule has 2 unspecified atom stereocenters. The van der Waals surface area contributed by atoms with Gasteiger partial charge in [0.2, 0.25) is 0 Å². The van der Waals surface area contributed by atoms with Crippen LogP contribution in [0.2, 0.25) is 0 Å². The van der Waals surface area contributed by atoms with E-state index in [9.17, 15) is 10.2 Å². The Kier molecular flexibility index (Phi) is 4.30. The average Bonchev–Trinajstić information content (AvgIpc) is 2.58. The zero-order valence-electron chi connectivity index (χ0n) is 9.16. The third-order valence-corrected chi connectivity index (χ3v) is 2.34. The van der Waals surface area contributed by atoms with E-state index in [0.717, 1.165) is 0 Å². The molecular formula is C9H14N4O3. The third kappa shape index (κ3) is 2.73. The Balaban J connectivity index is 2.70. The fourth-order valence-electron chi connectivity index (χ4n) is 1.50. The molecule has 0 bridgehead atoms. The van der Waals surface area contributed by atoms with E-state index in [4.69, 9.17) is 10.1 Å². The van der Waals surface area contributed by atoms with Gasteiger partial charge in [-0.2, -0.15) is 0 Å². The molecule has 0 fully saturated rings. The molecule has 0 amide bonds. The molecule has 7 heteroatoms. The molecule has 0 radical (unpaired) electrons. The molecule has 0 spiro atoms. The minimum atomic E-state index is -1.07. The maximum atomic E-state index is 9.85. The van der Waals surface area contributed by atoms with Crippen LogP contribution in [-0.2, 0) is 0 Å². The van der Waals surface area contributed by atoms with E-state index in [-0.39, 0.29) is 13.0 Å². The summed E-state index contributed by atoms with van der Waals surface area (Å²) in [4.78, 5) is 2.57. The number of aromatic nitrogens is 1. The predicted octanol–water partition coefficient (Wildman–Crippen LogP) is 1.39. The lowest BCUT2D eigenvalue weighted by Crippen LogP contribution is -2.20. The molecule has 0 saturated carbocycles. The number of aryl methyl sites for hydroxylation is 2. The molecule has 0 saturated heterocycles. The van der Waals surface area contributed by atoms with Crippen molar-refractivity contribution in [1.82, 2.24) is 5.16 Å². The van der Waals surface area contributed by atoms with Crippen LogP contribution >= 0.6 is 0 Å². The molecule has 2 atom stereocenters. The lowest BCUT2D eigenvalue weighted by molar-refractivity contribution is 0.0139. The maximum Gasteiger partial charge on any atom is 0.139 e. The lowest BCUT2D eigenvalue weighted by atomic mass is 10.0. The SMILES string of the molecule is Cc1noc(C)c1C(O)C(O)CCN=[N+]=[N-]. The molecule has 1 aromatic rings. The smallest absolute Gasteiger partial charge is 0.139 e. The van der Waals surface area contributed by atoms with Crippen LogP contribution in [0.1, 0.15) is 29.5 Å². The lowest BCUT2D eigenvalue weighted by Gasteiger charge is -2.16. The number of aliphatic hydroxyl groups excluding tert-OH is 2. The van der Waals surface area contributed by atoms with E-state index in [0.29, 0.717) is 17.0 Å². The second kappa shape index (κ2) is 5.50. The van der Waals surface area contributed by atoms with Gasteiger partial charge in [-0.15, -0.1) is 0 Å². The molecule has 0 aliphatic rings. The van der Waals surface area contributed by atoms with Gasteiger partial charge >= 0.3 is 0 Å². The summed E-state index contributed by atoms with van der Waals surface area (Å²) in [7, 11) is 0. The Bertz CT molecular complexity index is 378. The van der Waals surface area contributed by atoms with Crippen LogP contribution < -0.4 is 0 Å². The molecular weight excluding hydrogens is 212 g/mol. The first-order valence-corrected chi connectivity index (χ1v) is 4.87. The summed E-state index contributed by atoms with van der Waals surface area (Å²) in [6.45, 7) is 3.49. The molecule has 1 rings (SSSR count). The first-order valence-electron chi connectivity index (χ1n) is 4.87. The van der Waals surface area contributed by atoms with Gasteiger partial charge in [0.15, 0.2) is 0 Å². The van der Waals surface area contributed by atoms with Gasteiger partial charge in [0.1, 0.15) is 11.9 Å². The highest BCUT2D eigenvalue weighted by molar-refractivity contribution is 5.24. The number of aliphatic hydroxyl groups is 2. The molecule has 0 aliphatic heterocycles. The van der Waals surface area contributed by atoms with Gasteiger partial charge < -0.3 is 14.7 Å². The molecule has 0 aromatic carbocycles. The van der Waals surface area contributed by atoms with Gasteiger partial charge in [0.05, 0.1) is 11.8 Å². The Morgan fingerprint density at radius 3 is 2.69 bits per heavy atom. The second-order valence-corrected chi connectivity index (χ2v) is 3.49. The van der Waals surface area contributed by atoms with Gasteiger partial charge in [0.25, 0.3) is 0 Å². The minimum Gasteiger partial charge on any atom is -0.390 e. The summed E-state index contributed by atoms with van der Waals surface area (Å²) in [5.41, 5.74) is 9.12. The standard InChI is InChI=1S/C9H14N4O3/c1-5-8(6(2)16-12-5)9(15)7(14)3-4-11-13-10/h7,9,14-15H,3-4H2,1-2H3. The van der Waals surface area contributed by atoms with Crippen LogP contribution in [0.4, 0.5) is 0 Å². The van der Waals surface area contributed by atoms with Crippen LogP contribution in [0.25, 0.3) is 10.4 Å². The number of nitrogens with zero attached hydrogens (tertiary/aromatic N) is 4. The first kappa shape index (κ1) is 12.5. The maximum absolute atomic E-state index is 9.85. The number of azide groups is 1. The van der Waals surface area contributed by atoms with Crippen LogP contribution in [0.3, 0.4) is 0 Å². The Hall–Kier alpha value is -1.56. The molecule has 1 heterocycles. The molecule has 0 aliphatic carbocycles. The monoisotopic (exact) mass is 226 g/mol. The van der Waals surface area contributed by atoms with Gasteiger partial charge in [0, 0.05) is 17.0 Å². The van der Waals surface area contributed by atoms with Gasteiger partial charge in [-0.25, -0.2) is 0 Å². The van der Waals surface area contributed by atoms with Crippen molar-refractivity contribution < 1.29 is 14.7 Å². The molecule has 7 nitrogen and oxygen atoms in total. The van der Waals surface area contributed by atoms with Crippen molar-refractivity contribution in [1.29, 1.82) is 0 Å². The van der Waals surface area contributed by atoms with E-state index in [1.165, 1.54) is 0 Å². The van der Waals surface area contributed by atoms with E-state index in [1.807, 2.05) is 0 Å². The van der Waals surface area contributed by atoms with Crippen LogP contribution in [0, 0.1) is 13.8 Å². The normalized spacial score (nSPS) is 14.2. The Morgan fingerprint density at radius 2 is 2.19 bits per heavy atom. The van der Waals surface area contributed by atoms with Gasteiger partial charge in [-0.3, -0.25) is 0 Å². The third-order valence-electron chi connectivity index (χ3n) is 2.34. The number of hydrogen-bond acceptors (Lipinski definition) is 5. The minimum absolute atomic E-state index is 0.137. The van der Waals surface area contributed by atoms with E-state index < -0.39 is 12.2 Å². The summed E-state index contributed by atoms with van der Waals surface area (Å²) in [5.74, 6) is 0.479. The van der Waals surface area contributed by atoms with E-state index >= 15 is 0 Å².